The summed E-state index contributed by atoms with van der Waals surface area (Å²) in [5.41, 5.74) is 0.865. The zero-order chi connectivity index (χ0) is 19.5. The normalized spacial score (nSPS) is 22.7. The summed E-state index contributed by atoms with van der Waals surface area (Å²) in [4.78, 5) is 18.8. The van der Waals surface area contributed by atoms with E-state index in [2.05, 4.69) is 11.0 Å². The molecule has 1 atom stereocenters. The number of rotatable bonds is 4. The third-order valence-corrected chi connectivity index (χ3v) is 6.83. The largest absolute Gasteiger partial charge is 0.334 e. The third kappa shape index (κ3) is 4.01. The number of nitrogens with zero attached hydrogens (tertiary/aromatic N) is 3. The number of benzene rings is 1. The summed E-state index contributed by atoms with van der Waals surface area (Å²) in [6, 6.07) is 7.15. The van der Waals surface area contributed by atoms with Crippen molar-refractivity contribution in [1.29, 1.82) is 5.26 Å². The van der Waals surface area contributed by atoms with Gasteiger partial charge in [0.25, 0.3) is 5.91 Å². The Kier molecular flexibility index (Phi) is 5.84. The number of amides is 1. The van der Waals surface area contributed by atoms with Crippen LogP contribution in [0.15, 0.2) is 35.3 Å². The van der Waals surface area contributed by atoms with Gasteiger partial charge in [0, 0.05) is 24.0 Å². The van der Waals surface area contributed by atoms with Gasteiger partial charge in [0.15, 0.2) is 0 Å². The van der Waals surface area contributed by atoms with Gasteiger partial charge in [-0.15, -0.1) is 0 Å². The fraction of sp³-hybridized carbons (Fsp3) is 0.455. The maximum Gasteiger partial charge on any atom is 0.257 e. The van der Waals surface area contributed by atoms with E-state index in [0.717, 1.165) is 42.9 Å². The van der Waals surface area contributed by atoms with Gasteiger partial charge in [-0.2, -0.15) is 5.26 Å². The van der Waals surface area contributed by atoms with E-state index in [4.69, 9.17) is 5.26 Å². The monoisotopic (exact) mass is 397 g/mol. The Labute approximate surface area is 169 Å². The van der Waals surface area contributed by atoms with Gasteiger partial charge in [0.05, 0.1) is 10.5 Å². The molecule has 0 aromatic heterocycles. The highest BCUT2D eigenvalue weighted by atomic mass is 32.2. The first kappa shape index (κ1) is 19.2. The van der Waals surface area contributed by atoms with Gasteiger partial charge in [0.2, 0.25) is 0 Å². The van der Waals surface area contributed by atoms with Crippen LogP contribution < -0.4 is 0 Å². The molecule has 28 heavy (non-hydrogen) atoms. The highest BCUT2D eigenvalue weighted by Crippen LogP contribution is 2.37. The summed E-state index contributed by atoms with van der Waals surface area (Å²) in [6.45, 7) is 3.81. The molecule has 146 valence electrons. The van der Waals surface area contributed by atoms with Gasteiger partial charge in [-0.25, -0.2) is 4.39 Å². The van der Waals surface area contributed by atoms with Crippen molar-refractivity contribution < 1.29 is 9.18 Å². The molecule has 0 N–H and O–H groups in total. The molecule has 6 heteroatoms. The third-order valence-electron chi connectivity index (χ3n) is 5.73. The Balaban J connectivity index is 1.48. The van der Waals surface area contributed by atoms with Crippen molar-refractivity contribution in [3.8, 4) is 6.07 Å². The maximum absolute atomic E-state index is 14.8. The van der Waals surface area contributed by atoms with Crippen LogP contribution in [0.25, 0.3) is 4.91 Å². The van der Waals surface area contributed by atoms with Crippen LogP contribution in [0, 0.1) is 17.1 Å². The molecule has 4 nitrogen and oxygen atoms in total. The SMILES string of the molecule is N#CC1=CCC=C(c2ccc(C(=O)N3CCCC3CN3CCCC3)c(F)c2)S1. The van der Waals surface area contributed by atoms with Crippen LogP contribution in [0.5, 0.6) is 0 Å². The molecule has 0 saturated carbocycles. The average Bonchev–Trinajstić information content (AvgIpc) is 3.40. The first-order valence-electron chi connectivity index (χ1n) is 9.97. The lowest BCUT2D eigenvalue weighted by atomic mass is 10.1. The second-order valence-corrected chi connectivity index (χ2v) is 8.67. The van der Waals surface area contributed by atoms with Gasteiger partial charge in [-0.1, -0.05) is 30.0 Å². The number of carbonyl (C=O) groups excluding carboxylic acids is 1. The number of halogens is 1. The highest BCUT2D eigenvalue weighted by Gasteiger charge is 2.32. The summed E-state index contributed by atoms with van der Waals surface area (Å²) < 4.78 is 14.8. The van der Waals surface area contributed by atoms with Crippen molar-refractivity contribution in [2.24, 2.45) is 0 Å². The van der Waals surface area contributed by atoms with Crippen LogP contribution in [0.2, 0.25) is 0 Å². The first-order valence-corrected chi connectivity index (χ1v) is 10.8. The Morgan fingerprint density at radius 1 is 1.21 bits per heavy atom. The quantitative estimate of drug-likeness (QED) is 0.755. The van der Waals surface area contributed by atoms with E-state index in [1.54, 1.807) is 12.1 Å². The van der Waals surface area contributed by atoms with E-state index in [1.165, 1.54) is 30.7 Å². The van der Waals surface area contributed by atoms with Crippen LogP contribution in [0.3, 0.4) is 0 Å². The molecule has 1 amide bonds. The summed E-state index contributed by atoms with van der Waals surface area (Å²) in [5, 5.41) is 9.08. The van der Waals surface area contributed by atoms with Crippen molar-refractivity contribution >= 4 is 22.6 Å². The molecule has 3 aliphatic heterocycles. The van der Waals surface area contributed by atoms with Crippen molar-refractivity contribution in [3.05, 3.63) is 52.2 Å². The van der Waals surface area contributed by atoms with E-state index in [0.29, 0.717) is 17.9 Å². The number of thioether (sulfide) groups is 1. The molecule has 0 spiro atoms. The average molecular weight is 398 g/mol. The second kappa shape index (κ2) is 8.50. The van der Waals surface area contributed by atoms with Crippen LogP contribution in [0.4, 0.5) is 4.39 Å². The molecule has 1 aromatic carbocycles. The molecule has 1 unspecified atom stereocenters. The Morgan fingerprint density at radius 2 is 2.04 bits per heavy atom. The molecular formula is C22H24FN3OS. The summed E-state index contributed by atoms with van der Waals surface area (Å²) >= 11 is 1.34. The predicted octanol–water partition coefficient (Wildman–Crippen LogP) is 4.41. The predicted molar refractivity (Wildman–Crippen MR) is 110 cm³/mol. The molecule has 3 aliphatic rings. The minimum atomic E-state index is -0.483. The first-order chi connectivity index (χ1) is 13.7. The highest BCUT2D eigenvalue weighted by molar-refractivity contribution is 8.12. The summed E-state index contributed by atoms with van der Waals surface area (Å²) in [6.07, 6.45) is 8.94. The van der Waals surface area contributed by atoms with Crippen LogP contribution in [-0.2, 0) is 0 Å². The Bertz CT molecular complexity index is 867. The number of carbonyl (C=O) groups is 1. The topological polar surface area (TPSA) is 47.3 Å². The van der Waals surface area contributed by atoms with E-state index in [-0.39, 0.29) is 17.5 Å². The standard InChI is InChI=1S/C22H24FN3OS/c23-20-13-16(21-7-3-6-18(14-24)28-21)8-9-19(20)22(27)26-12-4-5-17(26)15-25-10-1-2-11-25/h6-9,13,17H,1-5,10-12,15H2. The zero-order valence-corrected chi connectivity index (χ0v) is 16.7. The van der Waals surface area contributed by atoms with Crippen molar-refractivity contribution in [3.63, 3.8) is 0 Å². The molecule has 4 rings (SSSR count). The summed E-state index contributed by atoms with van der Waals surface area (Å²) in [5.74, 6) is -0.683. The number of likely N-dealkylation sites (tertiary alicyclic amines) is 2. The van der Waals surface area contributed by atoms with Gasteiger partial charge < -0.3 is 9.80 Å². The van der Waals surface area contributed by atoms with Crippen molar-refractivity contribution in [1.82, 2.24) is 9.80 Å². The molecule has 2 fully saturated rings. The Hall–Kier alpha value is -2.10. The maximum atomic E-state index is 14.8. The fourth-order valence-electron chi connectivity index (χ4n) is 4.27. The lowest BCUT2D eigenvalue weighted by Crippen LogP contribution is -2.42. The van der Waals surface area contributed by atoms with E-state index < -0.39 is 5.82 Å². The molecule has 0 bridgehead atoms. The van der Waals surface area contributed by atoms with E-state index in [1.807, 2.05) is 17.1 Å². The minimum absolute atomic E-state index is 0.148. The fourth-order valence-corrected chi connectivity index (χ4v) is 5.16. The zero-order valence-electron chi connectivity index (χ0n) is 15.9. The number of nitriles is 1. The van der Waals surface area contributed by atoms with Gasteiger partial charge in [-0.05, 0) is 62.9 Å². The van der Waals surface area contributed by atoms with Gasteiger partial charge in [0.1, 0.15) is 11.9 Å². The number of hydrogen-bond donors (Lipinski definition) is 0. The van der Waals surface area contributed by atoms with Crippen LogP contribution in [-0.4, -0.2) is 47.9 Å². The second-order valence-electron chi connectivity index (χ2n) is 7.58. The van der Waals surface area contributed by atoms with Crippen LogP contribution in [0.1, 0.15) is 48.0 Å². The van der Waals surface area contributed by atoms with E-state index >= 15 is 0 Å². The Morgan fingerprint density at radius 3 is 2.79 bits per heavy atom. The van der Waals surface area contributed by atoms with Crippen molar-refractivity contribution in [2.75, 3.05) is 26.2 Å². The molecule has 2 saturated heterocycles. The van der Waals surface area contributed by atoms with Gasteiger partial charge in [-0.3, -0.25) is 4.79 Å². The molecule has 3 heterocycles. The van der Waals surface area contributed by atoms with Crippen molar-refractivity contribution in [2.45, 2.75) is 38.1 Å². The molecule has 0 radical (unpaired) electrons. The van der Waals surface area contributed by atoms with E-state index in [9.17, 15) is 9.18 Å². The lowest BCUT2D eigenvalue weighted by molar-refractivity contribution is 0.0704. The summed E-state index contributed by atoms with van der Waals surface area (Å²) in [7, 11) is 0. The van der Waals surface area contributed by atoms with Crippen LogP contribution >= 0.6 is 11.8 Å². The van der Waals surface area contributed by atoms with Gasteiger partial charge >= 0.3 is 0 Å². The minimum Gasteiger partial charge on any atom is -0.334 e. The smallest absolute Gasteiger partial charge is 0.257 e. The number of hydrogen-bond acceptors (Lipinski definition) is 4. The number of allylic oxidation sites excluding steroid dienone is 3. The molecular weight excluding hydrogens is 373 g/mol. The molecule has 0 aliphatic carbocycles. The lowest BCUT2D eigenvalue weighted by Gasteiger charge is -2.28. The molecule has 1 aromatic rings.